The summed E-state index contributed by atoms with van der Waals surface area (Å²) in [6, 6.07) is 4.88. The van der Waals surface area contributed by atoms with E-state index in [1.807, 2.05) is 6.92 Å². The number of carbonyl (C=O) groups is 1. The monoisotopic (exact) mass is 279 g/mol. The van der Waals surface area contributed by atoms with Crippen molar-refractivity contribution in [3.05, 3.63) is 29.6 Å². The van der Waals surface area contributed by atoms with Crippen molar-refractivity contribution < 1.29 is 13.9 Å². The Labute approximate surface area is 119 Å². The van der Waals surface area contributed by atoms with E-state index in [2.05, 4.69) is 5.32 Å². The molecule has 20 heavy (non-hydrogen) atoms. The number of hydrogen-bond donors (Lipinski definition) is 1. The molecule has 110 valence electrons. The summed E-state index contributed by atoms with van der Waals surface area (Å²) in [6.45, 7) is 1.73. The van der Waals surface area contributed by atoms with E-state index in [4.69, 9.17) is 4.74 Å². The molecule has 1 saturated carbocycles. The van der Waals surface area contributed by atoms with Gasteiger partial charge in [0.2, 0.25) is 0 Å². The second kappa shape index (κ2) is 7.27. The van der Waals surface area contributed by atoms with Crippen LogP contribution in [0.3, 0.4) is 0 Å². The van der Waals surface area contributed by atoms with Gasteiger partial charge in [-0.15, -0.1) is 0 Å². The molecule has 4 heteroatoms. The van der Waals surface area contributed by atoms with Gasteiger partial charge in [0.05, 0.1) is 0 Å². The summed E-state index contributed by atoms with van der Waals surface area (Å²) in [7, 11) is 0. The zero-order chi connectivity index (χ0) is 14.4. The van der Waals surface area contributed by atoms with Gasteiger partial charge in [-0.3, -0.25) is 4.79 Å². The number of rotatable bonds is 4. The lowest BCUT2D eigenvalue weighted by atomic mass is 10.1. The molecule has 1 aliphatic rings. The summed E-state index contributed by atoms with van der Waals surface area (Å²) < 4.78 is 18.7. The fourth-order valence-electron chi connectivity index (χ4n) is 2.56. The predicted octanol–water partition coefficient (Wildman–Crippen LogP) is 3.35. The number of amides is 1. The first-order chi connectivity index (χ1) is 9.65. The van der Waals surface area contributed by atoms with Crippen LogP contribution in [0.1, 0.15) is 44.1 Å². The molecule has 0 bridgehead atoms. The van der Waals surface area contributed by atoms with Gasteiger partial charge in [0.25, 0.3) is 5.91 Å². The molecule has 0 atom stereocenters. The number of carbonyl (C=O) groups excluding carboxylic acids is 1. The van der Waals surface area contributed by atoms with Crippen LogP contribution in [0.5, 0.6) is 5.75 Å². The molecule has 1 fully saturated rings. The number of halogens is 1. The molecule has 1 aromatic rings. The summed E-state index contributed by atoms with van der Waals surface area (Å²) in [5.41, 5.74) is 0.908. The maximum absolute atomic E-state index is 13.5. The van der Waals surface area contributed by atoms with Crippen LogP contribution in [0.25, 0.3) is 0 Å². The summed E-state index contributed by atoms with van der Waals surface area (Å²) >= 11 is 0. The molecule has 0 radical (unpaired) electrons. The van der Waals surface area contributed by atoms with Crippen molar-refractivity contribution in [2.75, 3.05) is 6.61 Å². The zero-order valence-corrected chi connectivity index (χ0v) is 12.0. The van der Waals surface area contributed by atoms with Gasteiger partial charge >= 0.3 is 0 Å². The minimum absolute atomic E-state index is 0.128. The summed E-state index contributed by atoms with van der Waals surface area (Å²) in [4.78, 5) is 11.8. The first kappa shape index (κ1) is 14.8. The number of nitrogens with one attached hydrogen (secondary N) is 1. The third-order valence-electron chi connectivity index (χ3n) is 3.67. The first-order valence-corrected chi connectivity index (χ1v) is 7.33. The minimum atomic E-state index is -0.433. The van der Waals surface area contributed by atoms with Gasteiger partial charge in [-0.2, -0.15) is 0 Å². The molecule has 1 aromatic carbocycles. The van der Waals surface area contributed by atoms with E-state index in [9.17, 15) is 9.18 Å². The summed E-state index contributed by atoms with van der Waals surface area (Å²) in [6.07, 6.45) is 6.89. The standard InChI is InChI=1S/C16H22FNO2/c1-12-8-9-14(17)15(10-12)20-11-16(19)18-13-6-4-2-3-5-7-13/h8-10,13H,2-7,11H2,1H3,(H,18,19). The topological polar surface area (TPSA) is 38.3 Å². The highest BCUT2D eigenvalue weighted by Gasteiger charge is 2.15. The molecule has 0 unspecified atom stereocenters. The maximum Gasteiger partial charge on any atom is 0.258 e. The normalized spacial score (nSPS) is 16.5. The minimum Gasteiger partial charge on any atom is -0.481 e. The Morgan fingerprint density at radius 3 is 2.70 bits per heavy atom. The quantitative estimate of drug-likeness (QED) is 0.858. The Hall–Kier alpha value is -1.58. The SMILES string of the molecule is Cc1ccc(F)c(OCC(=O)NC2CCCCCC2)c1. The van der Waals surface area contributed by atoms with Crippen molar-refractivity contribution in [3.63, 3.8) is 0 Å². The van der Waals surface area contributed by atoms with E-state index >= 15 is 0 Å². The highest BCUT2D eigenvalue weighted by atomic mass is 19.1. The third kappa shape index (κ3) is 4.51. The molecule has 2 rings (SSSR count). The summed E-state index contributed by atoms with van der Waals surface area (Å²) in [5, 5.41) is 2.98. The predicted molar refractivity (Wildman–Crippen MR) is 76.3 cm³/mol. The number of hydrogen-bond acceptors (Lipinski definition) is 2. The lowest BCUT2D eigenvalue weighted by Gasteiger charge is -2.16. The smallest absolute Gasteiger partial charge is 0.258 e. The Morgan fingerprint density at radius 1 is 1.30 bits per heavy atom. The van der Waals surface area contributed by atoms with Gasteiger partial charge in [0, 0.05) is 6.04 Å². The molecule has 0 spiro atoms. The van der Waals surface area contributed by atoms with Gasteiger partial charge in [-0.05, 0) is 37.5 Å². The van der Waals surface area contributed by atoms with E-state index < -0.39 is 5.82 Å². The van der Waals surface area contributed by atoms with Crippen molar-refractivity contribution in [2.24, 2.45) is 0 Å². The van der Waals surface area contributed by atoms with Crippen LogP contribution in [-0.4, -0.2) is 18.6 Å². The molecule has 1 N–H and O–H groups in total. The largest absolute Gasteiger partial charge is 0.481 e. The Balaban J connectivity index is 1.81. The van der Waals surface area contributed by atoms with Crippen LogP contribution in [0.15, 0.2) is 18.2 Å². The van der Waals surface area contributed by atoms with Crippen LogP contribution < -0.4 is 10.1 Å². The molecule has 3 nitrogen and oxygen atoms in total. The van der Waals surface area contributed by atoms with Gasteiger partial charge in [0.15, 0.2) is 18.2 Å². The second-order valence-electron chi connectivity index (χ2n) is 5.48. The first-order valence-electron chi connectivity index (χ1n) is 7.33. The van der Waals surface area contributed by atoms with Gasteiger partial charge in [0.1, 0.15) is 0 Å². The fourth-order valence-corrected chi connectivity index (χ4v) is 2.56. The Kier molecular flexibility index (Phi) is 5.39. The van der Waals surface area contributed by atoms with Crippen LogP contribution in [0.4, 0.5) is 4.39 Å². The molecule has 0 heterocycles. The Bertz CT molecular complexity index is 454. The molecule has 1 aliphatic carbocycles. The molecule has 0 saturated heterocycles. The number of aryl methyl sites for hydroxylation is 1. The van der Waals surface area contributed by atoms with Crippen LogP contribution in [-0.2, 0) is 4.79 Å². The van der Waals surface area contributed by atoms with Crippen molar-refractivity contribution >= 4 is 5.91 Å². The van der Waals surface area contributed by atoms with Crippen molar-refractivity contribution in [2.45, 2.75) is 51.5 Å². The van der Waals surface area contributed by atoms with E-state index in [0.29, 0.717) is 0 Å². The van der Waals surface area contributed by atoms with Crippen LogP contribution in [0, 0.1) is 12.7 Å². The average molecular weight is 279 g/mol. The second-order valence-corrected chi connectivity index (χ2v) is 5.48. The molecule has 1 amide bonds. The fraction of sp³-hybridized carbons (Fsp3) is 0.562. The molecular weight excluding hydrogens is 257 g/mol. The number of benzene rings is 1. The van der Waals surface area contributed by atoms with Gasteiger partial charge in [-0.25, -0.2) is 4.39 Å². The van der Waals surface area contributed by atoms with E-state index in [1.165, 1.54) is 18.9 Å². The number of ether oxygens (including phenoxy) is 1. The van der Waals surface area contributed by atoms with Crippen LogP contribution >= 0.6 is 0 Å². The Morgan fingerprint density at radius 2 is 2.00 bits per heavy atom. The van der Waals surface area contributed by atoms with Crippen LogP contribution in [0.2, 0.25) is 0 Å². The molecule has 0 aliphatic heterocycles. The maximum atomic E-state index is 13.5. The van der Waals surface area contributed by atoms with E-state index in [-0.39, 0.29) is 24.3 Å². The van der Waals surface area contributed by atoms with E-state index in [0.717, 1.165) is 31.2 Å². The van der Waals surface area contributed by atoms with Gasteiger partial charge < -0.3 is 10.1 Å². The molecular formula is C16H22FNO2. The third-order valence-corrected chi connectivity index (χ3v) is 3.67. The lowest BCUT2D eigenvalue weighted by Crippen LogP contribution is -2.37. The van der Waals surface area contributed by atoms with Crippen molar-refractivity contribution in [3.8, 4) is 5.75 Å². The molecule has 0 aromatic heterocycles. The van der Waals surface area contributed by atoms with Gasteiger partial charge in [-0.1, -0.05) is 31.7 Å². The lowest BCUT2D eigenvalue weighted by molar-refractivity contribution is -0.123. The highest BCUT2D eigenvalue weighted by Crippen LogP contribution is 2.19. The van der Waals surface area contributed by atoms with Crippen molar-refractivity contribution in [1.29, 1.82) is 0 Å². The van der Waals surface area contributed by atoms with E-state index in [1.54, 1.807) is 12.1 Å². The highest BCUT2D eigenvalue weighted by molar-refractivity contribution is 5.77. The average Bonchev–Trinajstić information content (AvgIpc) is 2.68. The van der Waals surface area contributed by atoms with Crippen molar-refractivity contribution in [1.82, 2.24) is 5.32 Å². The summed E-state index contributed by atoms with van der Waals surface area (Å²) in [5.74, 6) is -0.461. The zero-order valence-electron chi connectivity index (χ0n) is 12.0.